The standard InChI is InChI=1S/C15H22N2O2S/c1-12-3-4-13(20)11-14(12)15(19)17-6-2-5-16(7-8-17)9-10-18/h3-4,11,18,20H,2,5-10H2,1H3. The number of rotatable bonds is 3. The van der Waals surface area contributed by atoms with Crippen molar-refractivity contribution in [2.75, 3.05) is 39.3 Å². The highest BCUT2D eigenvalue weighted by Crippen LogP contribution is 2.17. The fourth-order valence-electron chi connectivity index (χ4n) is 2.55. The number of aliphatic hydroxyl groups excluding tert-OH is 1. The average molecular weight is 294 g/mol. The highest BCUT2D eigenvalue weighted by Gasteiger charge is 2.21. The van der Waals surface area contributed by atoms with Crippen molar-refractivity contribution in [3.63, 3.8) is 0 Å². The number of hydrogen-bond acceptors (Lipinski definition) is 4. The van der Waals surface area contributed by atoms with Gasteiger partial charge in [0.25, 0.3) is 5.91 Å². The molecule has 0 unspecified atom stereocenters. The summed E-state index contributed by atoms with van der Waals surface area (Å²) in [5.74, 6) is 0.0873. The van der Waals surface area contributed by atoms with Gasteiger partial charge in [-0.15, -0.1) is 12.6 Å². The number of aliphatic hydroxyl groups is 1. The summed E-state index contributed by atoms with van der Waals surface area (Å²) in [6, 6.07) is 5.68. The third kappa shape index (κ3) is 3.75. The largest absolute Gasteiger partial charge is 0.395 e. The average Bonchev–Trinajstić information content (AvgIpc) is 2.67. The Morgan fingerprint density at radius 3 is 2.85 bits per heavy atom. The van der Waals surface area contributed by atoms with E-state index in [0.717, 1.165) is 48.6 Å². The van der Waals surface area contributed by atoms with Gasteiger partial charge in [0.05, 0.1) is 6.61 Å². The second-order valence-electron chi connectivity index (χ2n) is 5.21. The van der Waals surface area contributed by atoms with E-state index in [1.165, 1.54) is 0 Å². The van der Waals surface area contributed by atoms with Crippen LogP contribution < -0.4 is 0 Å². The van der Waals surface area contributed by atoms with Crippen molar-refractivity contribution in [3.8, 4) is 0 Å². The number of benzene rings is 1. The Labute approximate surface area is 125 Å². The van der Waals surface area contributed by atoms with Crippen LogP contribution in [0.4, 0.5) is 0 Å². The Kier molecular flexibility index (Phi) is 5.46. The summed E-state index contributed by atoms with van der Waals surface area (Å²) in [6.45, 7) is 6.08. The van der Waals surface area contributed by atoms with Gasteiger partial charge in [-0.05, 0) is 37.6 Å². The van der Waals surface area contributed by atoms with Crippen molar-refractivity contribution >= 4 is 18.5 Å². The first-order chi connectivity index (χ1) is 9.61. The molecule has 0 atom stereocenters. The normalized spacial score (nSPS) is 17.1. The minimum atomic E-state index is 0.0873. The smallest absolute Gasteiger partial charge is 0.254 e. The van der Waals surface area contributed by atoms with Crippen LogP contribution in [0.5, 0.6) is 0 Å². The minimum Gasteiger partial charge on any atom is -0.395 e. The molecular weight excluding hydrogens is 272 g/mol. The van der Waals surface area contributed by atoms with Crippen LogP contribution in [0.25, 0.3) is 0 Å². The van der Waals surface area contributed by atoms with Gasteiger partial charge in [0, 0.05) is 36.6 Å². The van der Waals surface area contributed by atoms with Crippen molar-refractivity contribution < 1.29 is 9.90 Å². The van der Waals surface area contributed by atoms with Crippen LogP contribution in [-0.4, -0.2) is 60.1 Å². The van der Waals surface area contributed by atoms with Gasteiger partial charge < -0.3 is 10.0 Å². The molecule has 0 bridgehead atoms. The minimum absolute atomic E-state index is 0.0873. The fourth-order valence-corrected chi connectivity index (χ4v) is 2.75. The predicted octanol–water partition coefficient (Wildman–Crippen LogP) is 1.42. The summed E-state index contributed by atoms with van der Waals surface area (Å²) in [6.07, 6.45) is 0.950. The Morgan fingerprint density at radius 1 is 1.30 bits per heavy atom. The van der Waals surface area contributed by atoms with Crippen LogP contribution in [0.2, 0.25) is 0 Å². The van der Waals surface area contributed by atoms with Crippen LogP contribution in [0.1, 0.15) is 22.3 Å². The third-order valence-electron chi connectivity index (χ3n) is 3.74. The molecule has 1 saturated heterocycles. The van der Waals surface area contributed by atoms with Gasteiger partial charge in [0.15, 0.2) is 0 Å². The molecule has 1 aromatic rings. The number of hydrogen-bond donors (Lipinski definition) is 2. The van der Waals surface area contributed by atoms with Crippen molar-refractivity contribution in [2.24, 2.45) is 0 Å². The van der Waals surface area contributed by atoms with Crippen molar-refractivity contribution in [2.45, 2.75) is 18.2 Å². The van der Waals surface area contributed by atoms with Gasteiger partial charge in [-0.2, -0.15) is 0 Å². The van der Waals surface area contributed by atoms with Gasteiger partial charge in [-0.3, -0.25) is 9.69 Å². The lowest BCUT2D eigenvalue weighted by Crippen LogP contribution is -2.36. The SMILES string of the molecule is Cc1ccc(S)cc1C(=O)N1CCCN(CCO)CC1. The second kappa shape index (κ2) is 7.11. The number of aryl methyl sites for hydroxylation is 1. The van der Waals surface area contributed by atoms with Crippen LogP contribution >= 0.6 is 12.6 Å². The van der Waals surface area contributed by atoms with E-state index in [9.17, 15) is 4.79 Å². The van der Waals surface area contributed by atoms with Gasteiger partial charge >= 0.3 is 0 Å². The Bertz CT molecular complexity index is 479. The number of β-amino-alcohol motifs (C(OH)–C–C–N with tert-alkyl or cyclic N) is 1. The molecule has 0 saturated carbocycles. The van der Waals surface area contributed by atoms with Gasteiger partial charge in [-0.25, -0.2) is 0 Å². The molecule has 20 heavy (non-hydrogen) atoms. The van der Waals surface area contributed by atoms with Crippen LogP contribution in [-0.2, 0) is 0 Å². The first-order valence-corrected chi connectivity index (χ1v) is 7.48. The molecule has 110 valence electrons. The third-order valence-corrected chi connectivity index (χ3v) is 4.02. The number of amides is 1. The van der Waals surface area contributed by atoms with E-state index in [1.807, 2.05) is 30.0 Å². The molecule has 1 amide bonds. The summed E-state index contributed by atoms with van der Waals surface area (Å²) in [7, 11) is 0. The lowest BCUT2D eigenvalue weighted by molar-refractivity contribution is 0.0759. The molecule has 5 heteroatoms. The van der Waals surface area contributed by atoms with Crippen LogP contribution in [0, 0.1) is 6.92 Å². The first kappa shape index (κ1) is 15.4. The van der Waals surface area contributed by atoms with E-state index in [4.69, 9.17) is 5.11 Å². The summed E-state index contributed by atoms with van der Waals surface area (Å²) < 4.78 is 0. The molecule has 1 N–H and O–H groups in total. The van der Waals surface area contributed by atoms with E-state index >= 15 is 0 Å². The first-order valence-electron chi connectivity index (χ1n) is 7.04. The van der Waals surface area contributed by atoms with Gasteiger partial charge in [-0.1, -0.05) is 6.07 Å². The van der Waals surface area contributed by atoms with E-state index in [2.05, 4.69) is 17.5 Å². The van der Waals surface area contributed by atoms with E-state index in [-0.39, 0.29) is 12.5 Å². The maximum Gasteiger partial charge on any atom is 0.254 e. The molecule has 2 rings (SSSR count). The predicted molar refractivity (Wildman–Crippen MR) is 82.5 cm³/mol. The number of carbonyl (C=O) groups excluding carboxylic acids is 1. The van der Waals surface area contributed by atoms with Crippen molar-refractivity contribution in [3.05, 3.63) is 29.3 Å². The highest BCUT2D eigenvalue weighted by molar-refractivity contribution is 7.80. The molecule has 0 radical (unpaired) electrons. The molecule has 1 aromatic carbocycles. The molecule has 0 aromatic heterocycles. The molecule has 4 nitrogen and oxygen atoms in total. The van der Waals surface area contributed by atoms with E-state index in [1.54, 1.807) is 0 Å². The molecule has 1 aliphatic rings. The van der Waals surface area contributed by atoms with Crippen LogP contribution in [0.3, 0.4) is 0 Å². The Balaban J connectivity index is 2.07. The summed E-state index contributed by atoms with van der Waals surface area (Å²) in [4.78, 5) is 17.5. The molecule has 1 fully saturated rings. The van der Waals surface area contributed by atoms with Crippen molar-refractivity contribution in [1.82, 2.24) is 9.80 Å². The zero-order valence-electron chi connectivity index (χ0n) is 11.9. The zero-order chi connectivity index (χ0) is 14.5. The molecule has 0 aliphatic carbocycles. The molecule has 1 aliphatic heterocycles. The van der Waals surface area contributed by atoms with Crippen LogP contribution in [0.15, 0.2) is 23.1 Å². The monoisotopic (exact) mass is 294 g/mol. The molecule has 0 spiro atoms. The zero-order valence-corrected chi connectivity index (χ0v) is 12.8. The lowest BCUT2D eigenvalue weighted by Gasteiger charge is -2.22. The Hall–Kier alpha value is -1.04. The van der Waals surface area contributed by atoms with Gasteiger partial charge in [0.2, 0.25) is 0 Å². The van der Waals surface area contributed by atoms with Crippen molar-refractivity contribution in [1.29, 1.82) is 0 Å². The maximum atomic E-state index is 12.6. The highest BCUT2D eigenvalue weighted by atomic mass is 32.1. The van der Waals surface area contributed by atoms with E-state index < -0.39 is 0 Å². The number of nitrogens with zero attached hydrogens (tertiary/aromatic N) is 2. The van der Waals surface area contributed by atoms with E-state index in [0.29, 0.717) is 6.54 Å². The molecule has 1 heterocycles. The summed E-state index contributed by atoms with van der Waals surface area (Å²) in [5, 5.41) is 9.00. The maximum absolute atomic E-state index is 12.6. The fraction of sp³-hybridized carbons (Fsp3) is 0.533. The van der Waals surface area contributed by atoms with Gasteiger partial charge in [0.1, 0.15) is 0 Å². The Morgan fingerprint density at radius 2 is 2.10 bits per heavy atom. The quantitative estimate of drug-likeness (QED) is 0.829. The summed E-state index contributed by atoms with van der Waals surface area (Å²) in [5.41, 5.74) is 1.73. The second-order valence-corrected chi connectivity index (χ2v) is 5.73. The lowest BCUT2D eigenvalue weighted by atomic mass is 10.1. The number of carbonyl (C=O) groups is 1. The topological polar surface area (TPSA) is 43.8 Å². The number of thiol groups is 1. The summed E-state index contributed by atoms with van der Waals surface area (Å²) >= 11 is 4.32. The molecular formula is C15H22N2O2S.